The molecule has 1 aromatic rings. The van der Waals surface area contributed by atoms with Crippen LogP contribution < -0.4 is 5.32 Å². The fourth-order valence-electron chi connectivity index (χ4n) is 2.10. The molecule has 1 atom stereocenters. The van der Waals surface area contributed by atoms with Crippen LogP contribution in [0.3, 0.4) is 0 Å². The van der Waals surface area contributed by atoms with E-state index in [0.29, 0.717) is 17.7 Å². The van der Waals surface area contributed by atoms with Gasteiger partial charge in [0.25, 0.3) is 5.91 Å². The fourth-order valence-corrected chi connectivity index (χ4v) is 2.10. The second kappa shape index (κ2) is 3.20. The summed E-state index contributed by atoms with van der Waals surface area (Å²) >= 11 is 0. The van der Waals surface area contributed by atoms with Crippen LogP contribution in [-0.4, -0.2) is 22.8 Å². The van der Waals surface area contributed by atoms with E-state index in [-0.39, 0.29) is 17.9 Å². The van der Waals surface area contributed by atoms with Gasteiger partial charge in [0.05, 0.1) is 11.3 Å². The van der Waals surface area contributed by atoms with Gasteiger partial charge in [0, 0.05) is 6.20 Å². The number of para-hydroxylation sites is 1. The van der Waals surface area contributed by atoms with Gasteiger partial charge >= 0.3 is 0 Å². The molecular weight excluding hydrogens is 204 g/mol. The van der Waals surface area contributed by atoms with Gasteiger partial charge in [-0.2, -0.15) is 0 Å². The van der Waals surface area contributed by atoms with Crippen LogP contribution in [0.15, 0.2) is 36.5 Å². The zero-order chi connectivity index (χ0) is 11.1. The Balaban J connectivity index is 2.14. The van der Waals surface area contributed by atoms with Gasteiger partial charge in [-0.15, -0.1) is 0 Å². The summed E-state index contributed by atoms with van der Waals surface area (Å²) in [6, 6.07) is 6.69. The van der Waals surface area contributed by atoms with Crippen LogP contribution in [-0.2, 0) is 4.79 Å². The highest BCUT2D eigenvalue weighted by Crippen LogP contribution is 2.27. The summed E-state index contributed by atoms with van der Waals surface area (Å²) in [6.45, 7) is 0. The average Bonchev–Trinajstić information content (AvgIpc) is 2.74. The lowest BCUT2D eigenvalue weighted by molar-refractivity contribution is -0.119. The Morgan fingerprint density at radius 1 is 1.25 bits per heavy atom. The van der Waals surface area contributed by atoms with Crippen LogP contribution in [0.5, 0.6) is 0 Å². The molecule has 0 aromatic heterocycles. The maximum atomic E-state index is 12.1. The minimum absolute atomic E-state index is 0.118. The molecule has 2 aliphatic heterocycles. The van der Waals surface area contributed by atoms with Crippen molar-refractivity contribution in [2.24, 2.45) is 0 Å². The molecule has 1 N–H and O–H groups in total. The Labute approximate surface area is 92.6 Å². The van der Waals surface area contributed by atoms with E-state index >= 15 is 0 Å². The van der Waals surface area contributed by atoms with Gasteiger partial charge in [0.1, 0.15) is 6.04 Å². The van der Waals surface area contributed by atoms with E-state index < -0.39 is 0 Å². The number of carbonyl (C=O) groups excluding carboxylic acids is 2. The molecule has 0 aliphatic carbocycles. The van der Waals surface area contributed by atoms with Crippen molar-refractivity contribution in [3.63, 3.8) is 0 Å². The van der Waals surface area contributed by atoms with Crippen molar-refractivity contribution in [3.05, 3.63) is 42.1 Å². The van der Waals surface area contributed by atoms with Crippen LogP contribution in [0.25, 0.3) is 0 Å². The molecule has 0 saturated carbocycles. The third kappa shape index (κ3) is 1.16. The first-order valence-corrected chi connectivity index (χ1v) is 5.16. The van der Waals surface area contributed by atoms with E-state index in [9.17, 15) is 9.59 Å². The first-order valence-electron chi connectivity index (χ1n) is 5.16. The molecule has 0 saturated heterocycles. The molecule has 80 valence electrons. The van der Waals surface area contributed by atoms with E-state index in [1.54, 1.807) is 30.5 Å². The third-order valence-corrected chi connectivity index (χ3v) is 2.91. The summed E-state index contributed by atoms with van der Waals surface area (Å²) in [7, 11) is 0. The quantitative estimate of drug-likeness (QED) is 0.709. The van der Waals surface area contributed by atoms with Crippen molar-refractivity contribution in [2.45, 2.75) is 12.5 Å². The van der Waals surface area contributed by atoms with Crippen LogP contribution >= 0.6 is 0 Å². The summed E-state index contributed by atoms with van der Waals surface area (Å²) in [5, 5.41) is 2.78. The molecule has 1 aromatic carbocycles. The number of hydrogen-bond donors (Lipinski definition) is 1. The van der Waals surface area contributed by atoms with Gasteiger partial charge in [-0.1, -0.05) is 18.2 Å². The molecule has 0 unspecified atom stereocenters. The van der Waals surface area contributed by atoms with Crippen LogP contribution in [0.2, 0.25) is 0 Å². The highest BCUT2D eigenvalue weighted by Gasteiger charge is 2.35. The number of nitrogens with zero attached hydrogens (tertiary/aromatic N) is 1. The number of anilines is 1. The van der Waals surface area contributed by atoms with Gasteiger partial charge < -0.3 is 10.2 Å². The van der Waals surface area contributed by atoms with Crippen molar-refractivity contribution < 1.29 is 9.59 Å². The van der Waals surface area contributed by atoms with Crippen molar-refractivity contribution in [1.82, 2.24) is 4.90 Å². The minimum Gasteiger partial charge on any atom is -0.324 e. The lowest BCUT2D eigenvalue weighted by atomic mass is 10.1. The number of nitrogens with one attached hydrogen (secondary N) is 1. The number of benzene rings is 1. The maximum absolute atomic E-state index is 12.1. The first kappa shape index (κ1) is 9.15. The standard InChI is InChI=1S/C12H10N2O2/c15-11-10-6-3-7-14(10)12(16)8-4-1-2-5-9(8)13-11/h1-5,7,10H,6H2,(H,13,15)/t10-/m1/s1. The summed E-state index contributed by atoms with van der Waals surface area (Å²) in [5.41, 5.74) is 1.14. The third-order valence-electron chi connectivity index (χ3n) is 2.91. The predicted octanol–water partition coefficient (Wildman–Crippen LogP) is 1.37. The van der Waals surface area contributed by atoms with E-state index in [2.05, 4.69) is 5.32 Å². The highest BCUT2D eigenvalue weighted by molar-refractivity contribution is 6.10. The van der Waals surface area contributed by atoms with E-state index in [1.807, 2.05) is 6.08 Å². The van der Waals surface area contributed by atoms with Crippen molar-refractivity contribution in [3.8, 4) is 0 Å². The molecule has 2 heterocycles. The monoisotopic (exact) mass is 214 g/mol. The molecule has 4 heteroatoms. The van der Waals surface area contributed by atoms with Crippen molar-refractivity contribution in [1.29, 1.82) is 0 Å². The Morgan fingerprint density at radius 3 is 2.94 bits per heavy atom. The smallest absolute Gasteiger partial charge is 0.260 e. The summed E-state index contributed by atoms with van der Waals surface area (Å²) in [5.74, 6) is -0.240. The van der Waals surface area contributed by atoms with Gasteiger partial charge in [0.2, 0.25) is 5.91 Å². The van der Waals surface area contributed by atoms with Crippen LogP contribution in [0, 0.1) is 0 Å². The lowest BCUT2D eigenvalue weighted by Gasteiger charge is -2.18. The van der Waals surface area contributed by atoms with E-state index in [4.69, 9.17) is 0 Å². The van der Waals surface area contributed by atoms with E-state index in [0.717, 1.165) is 0 Å². The maximum Gasteiger partial charge on any atom is 0.260 e. The summed E-state index contributed by atoms with van der Waals surface area (Å²) < 4.78 is 0. The van der Waals surface area contributed by atoms with Gasteiger partial charge in [-0.05, 0) is 18.6 Å². The molecule has 3 rings (SSSR count). The van der Waals surface area contributed by atoms with Crippen LogP contribution in [0.1, 0.15) is 16.8 Å². The molecule has 16 heavy (non-hydrogen) atoms. The number of fused-ring (bicyclic) bond motifs is 2. The Morgan fingerprint density at radius 2 is 2.06 bits per heavy atom. The Bertz CT molecular complexity index is 507. The van der Waals surface area contributed by atoms with Gasteiger partial charge in [-0.25, -0.2) is 0 Å². The zero-order valence-corrected chi connectivity index (χ0v) is 8.51. The summed E-state index contributed by atoms with van der Waals surface area (Å²) in [4.78, 5) is 25.5. The predicted molar refractivity (Wildman–Crippen MR) is 58.8 cm³/mol. The Hall–Kier alpha value is -2.10. The molecule has 4 nitrogen and oxygen atoms in total. The Kier molecular flexibility index (Phi) is 1.83. The molecule has 0 radical (unpaired) electrons. The molecule has 0 fully saturated rings. The second-order valence-corrected chi connectivity index (χ2v) is 3.88. The summed E-state index contributed by atoms with van der Waals surface area (Å²) in [6.07, 6.45) is 4.12. The SMILES string of the molecule is O=C1Nc2ccccc2C(=O)N2C=CC[C@H]12. The van der Waals surface area contributed by atoms with Crippen LogP contribution in [0.4, 0.5) is 5.69 Å². The molecule has 0 bridgehead atoms. The molecule has 2 amide bonds. The topological polar surface area (TPSA) is 49.4 Å². The number of amides is 2. The van der Waals surface area contributed by atoms with Crippen molar-refractivity contribution >= 4 is 17.5 Å². The molecular formula is C12H10N2O2. The lowest BCUT2D eigenvalue weighted by Crippen LogP contribution is -2.38. The first-order chi connectivity index (χ1) is 7.77. The zero-order valence-electron chi connectivity index (χ0n) is 8.51. The van der Waals surface area contributed by atoms with Gasteiger partial charge in [0.15, 0.2) is 0 Å². The number of rotatable bonds is 0. The molecule has 0 spiro atoms. The van der Waals surface area contributed by atoms with Crippen molar-refractivity contribution in [2.75, 3.05) is 5.32 Å². The number of hydrogen-bond acceptors (Lipinski definition) is 2. The second-order valence-electron chi connectivity index (χ2n) is 3.88. The number of carbonyl (C=O) groups is 2. The normalized spacial score (nSPS) is 22.5. The minimum atomic E-state index is -0.389. The fraction of sp³-hybridized carbons (Fsp3) is 0.167. The van der Waals surface area contributed by atoms with E-state index in [1.165, 1.54) is 4.90 Å². The highest BCUT2D eigenvalue weighted by atomic mass is 16.2. The van der Waals surface area contributed by atoms with Gasteiger partial charge in [-0.3, -0.25) is 9.59 Å². The average molecular weight is 214 g/mol. The largest absolute Gasteiger partial charge is 0.324 e. The molecule has 2 aliphatic rings.